The monoisotopic (exact) mass is 350 g/mol. The first-order chi connectivity index (χ1) is 12.2. The number of thiophene rings is 1. The first-order valence-corrected chi connectivity index (χ1v) is 9.08. The molecule has 3 heterocycles. The number of allylic oxidation sites excluding steroid dienone is 1. The summed E-state index contributed by atoms with van der Waals surface area (Å²) in [5.41, 5.74) is 3.13. The first kappa shape index (κ1) is 15.8. The highest BCUT2D eigenvalue weighted by atomic mass is 32.1. The van der Waals surface area contributed by atoms with Crippen molar-refractivity contribution < 1.29 is 9.53 Å². The standard InChI is InChI=1S/C20H18N2O2S/c1-3-13-6-8-14(9-7-13)22-12-4-5-15-17-16(24-2)10-11-21-19(17)25-18(15)20(22)23/h4,6-12H,3,5H2,1-2H3. The van der Waals surface area contributed by atoms with E-state index in [-0.39, 0.29) is 5.91 Å². The molecule has 126 valence electrons. The van der Waals surface area contributed by atoms with Crippen molar-refractivity contribution in [2.24, 2.45) is 0 Å². The van der Waals surface area contributed by atoms with Crippen LogP contribution in [0.1, 0.15) is 27.7 Å². The maximum Gasteiger partial charge on any atom is 0.272 e. The third-order valence-corrected chi connectivity index (χ3v) is 5.61. The summed E-state index contributed by atoms with van der Waals surface area (Å²) in [6, 6.07) is 9.97. The van der Waals surface area contributed by atoms with Crippen molar-refractivity contribution in [2.75, 3.05) is 12.0 Å². The van der Waals surface area contributed by atoms with E-state index in [0.717, 1.165) is 38.5 Å². The van der Waals surface area contributed by atoms with Gasteiger partial charge < -0.3 is 4.74 Å². The van der Waals surface area contributed by atoms with Crippen LogP contribution in [0.4, 0.5) is 5.69 Å². The molecule has 0 aliphatic carbocycles. The zero-order valence-corrected chi connectivity index (χ0v) is 15.0. The number of carbonyl (C=O) groups is 1. The minimum Gasteiger partial charge on any atom is -0.496 e. The molecule has 1 aliphatic rings. The quantitative estimate of drug-likeness (QED) is 0.694. The number of benzene rings is 1. The van der Waals surface area contributed by atoms with E-state index in [9.17, 15) is 4.79 Å². The second-order valence-corrected chi connectivity index (χ2v) is 6.89. The second-order valence-electron chi connectivity index (χ2n) is 5.89. The predicted molar refractivity (Wildman–Crippen MR) is 102 cm³/mol. The van der Waals surface area contributed by atoms with Crippen molar-refractivity contribution in [3.8, 4) is 5.75 Å². The molecule has 0 atom stereocenters. The zero-order valence-electron chi connectivity index (χ0n) is 14.2. The van der Waals surface area contributed by atoms with Crippen LogP contribution in [0.15, 0.2) is 48.8 Å². The molecule has 4 nitrogen and oxygen atoms in total. The number of hydrogen-bond acceptors (Lipinski definition) is 4. The lowest BCUT2D eigenvalue weighted by atomic mass is 10.1. The molecule has 5 heteroatoms. The Kier molecular flexibility index (Phi) is 4.01. The molecule has 1 amide bonds. The van der Waals surface area contributed by atoms with Gasteiger partial charge in [0.15, 0.2) is 0 Å². The fourth-order valence-corrected chi connectivity index (χ4v) is 4.27. The van der Waals surface area contributed by atoms with E-state index in [1.165, 1.54) is 16.9 Å². The molecule has 0 radical (unpaired) electrons. The summed E-state index contributed by atoms with van der Waals surface area (Å²) < 4.78 is 5.48. The number of anilines is 1. The molecule has 25 heavy (non-hydrogen) atoms. The lowest BCUT2D eigenvalue weighted by Gasteiger charge is -2.17. The molecule has 0 spiro atoms. The molecule has 0 bridgehead atoms. The minimum absolute atomic E-state index is 0.0157. The Morgan fingerprint density at radius 1 is 1.24 bits per heavy atom. The van der Waals surface area contributed by atoms with Gasteiger partial charge in [-0.15, -0.1) is 11.3 Å². The molecule has 0 saturated heterocycles. The maximum atomic E-state index is 13.2. The molecular weight excluding hydrogens is 332 g/mol. The highest BCUT2D eigenvalue weighted by Crippen LogP contribution is 2.38. The Labute approximate surface area is 150 Å². The lowest BCUT2D eigenvalue weighted by molar-refractivity contribution is 0.100. The van der Waals surface area contributed by atoms with E-state index in [2.05, 4.69) is 24.0 Å². The fraction of sp³-hybridized carbons (Fsp3) is 0.200. The normalized spacial score (nSPS) is 13.8. The summed E-state index contributed by atoms with van der Waals surface area (Å²) in [6.45, 7) is 2.12. The fourth-order valence-electron chi connectivity index (χ4n) is 3.14. The van der Waals surface area contributed by atoms with E-state index >= 15 is 0 Å². The maximum absolute atomic E-state index is 13.2. The van der Waals surface area contributed by atoms with Crippen LogP contribution in [-0.2, 0) is 12.8 Å². The van der Waals surface area contributed by atoms with Gasteiger partial charge in [0.1, 0.15) is 10.6 Å². The number of aromatic nitrogens is 1. The first-order valence-electron chi connectivity index (χ1n) is 8.26. The Morgan fingerprint density at radius 3 is 2.76 bits per heavy atom. The van der Waals surface area contributed by atoms with Gasteiger partial charge in [-0.2, -0.15) is 0 Å². The second kappa shape index (κ2) is 6.33. The average Bonchev–Trinajstić information content (AvgIpc) is 2.96. The number of pyridine rings is 1. The van der Waals surface area contributed by atoms with Gasteiger partial charge in [-0.1, -0.05) is 25.1 Å². The van der Waals surface area contributed by atoms with E-state index in [1.54, 1.807) is 18.2 Å². The number of methoxy groups -OCH3 is 1. The van der Waals surface area contributed by atoms with E-state index in [0.29, 0.717) is 6.42 Å². The summed E-state index contributed by atoms with van der Waals surface area (Å²) in [5.74, 6) is 0.752. The van der Waals surface area contributed by atoms with Crippen LogP contribution in [0.3, 0.4) is 0 Å². The van der Waals surface area contributed by atoms with Crippen molar-refractivity contribution in [1.82, 2.24) is 4.98 Å². The molecule has 0 N–H and O–H groups in total. The van der Waals surface area contributed by atoms with E-state index in [4.69, 9.17) is 4.74 Å². The summed E-state index contributed by atoms with van der Waals surface area (Å²) in [6.07, 6.45) is 7.28. The highest BCUT2D eigenvalue weighted by molar-refractivity contribution is 7.20. The summed E-state index contributed by atoms with van der Waals surface area (Å²) in [5, 5.41) is 0.950. The molecule has 1 aliphatic heterocycles. The van der Waals surface area contributed by atoms with Crippen LogP contribution < -0.4 is 9.64 Å². The highest BCUT2D eigenvalue weighted by Gasteiger charge is 2.26. The van der Waals surface area contributed by atoms with Crippen LogP contribution in [-0.4, -0.2) is 18.0 Å². The van der Waals surface area contributed by atoms with E-state index in [1.807, 2.05) is 30.5 Å². The van der Waals surface area contributed by atoms with Crippen LogP contribution in [0.5, 0.6) is 5.75 Å². The molecule has 0 fully saturated rings. The Balaban J connectivity index is 1.82. The number of aryl methyl sites for hydroxylation is 1. The zero-order chi connectivity index (χ0) is 17.4. The molecule has 0 saturated carbocycles. The predicted octanol–water partition coefficient (Wildman–Crippen LogP) is 4.58. The number of fused-ring (bicyclic) bond motifs is 3. The van der Waals surface area contributed by atoms with Crippen molar-refractivity contribution in [1.29, 1.82) is 0 Å². The van der Waals surface area contributed by atoms with Crippen molar-refractivity contribution in [3.05, 3.63) is 64.8 Å². The topological polar surface area (TPSA) is 42.4 Å². The Bertz CT molecular complexity index is 973. The van der Waals surface area contributed by atoms with Gasteiger partial charge in [0.25, 0.3) is 5.91 Å². The minimum atomic E-state index is -0.0157. The Hall–Kier alpha value is -2.66. The third-order valence-electron chi connectivity index (χ3n) is 4.48. The molecule has 4 rings (SSSR count). The third kappa shape index (κ3) is 2.61. The van der Waals surface area contributed by atoms with Crippen molar-refractivity contribution >= 4 is 33.1 Å². The van der Waals surface area contributed by atoms with Crippen LogP contribution in [0.2, 0.25) is 0 Å². The summed E-state index contributed by atoms with van der Waals surface area (Å²) in [4.78, 5) is 20.9. The molecule has 2 aromatic heterocycles. The summed E-state index contributed by atoms with van der Waals surface area (Å²) >= 11 is 1.43. The smallest absolute Gasteiger partial charge is 0.272 e. The average molecular weight is 350 g/mol. The largest absolute Gasteiger partial charge is 0.496 e. The number of rotatable bonds is 3. The summed E-state index contributed by atoms with van der Waals surface area (Å²) in [7, 11) is 1.65. The molecule has 3 aromatic rings. The van der Waals surface area contributed by atoms with Gasteiger partial charge in [0, 0.05) is 18.1 Å². The van der Waals surface area contributed by atoms with Crippen molar-refractivity contribution in [3.63, 3.8) is 0 Å². The number of amides is 1. The van der Waals surface area contributed by atoms with Crippen LogP contribution >= 0.6 is 11.3 Å². The SMILES string of the molecule is CCc1ccc(N2C=CCc3c(sc4nccc(OC)c34)C2=O)cc1. The van der Waals surface area contributed by atoms with Gasteiger partial charge in [-0.3, -0.25) is 9.69 Å². The van der Waals surface area contributed by atoms with Crippen LogP contribution in [0, 0.1) is 0 Å². The van der Waals surface area contributed by atoms with Gasteiger partial charge >= 0.3 is 0 Å². The van der Waals surface area contributed by atoms with Gasteiger partial charge in [0.05, 0.1) is 17.4 Å². The number of nitrogens with zero attached hydrogens (tertiary/aromatic N) is 2. The molecule has 1 aromatic carbocycles. The Morgan fingerprint density at radius 2 is 2.04 bits per heavy atom. The van der Waals surface area contributed by atoms with Crippen molar-refractivity contribution in [2.45, 2.75) is 19.8 Å². The molecule has 0 unspecified atom stereocenters. The van der Waals surface area contributed by atoms with Gasteiger partial charge in [0.2, 0.25) is 0 Å². The number of carbonyl (C=O) groups excluding carboxylic acids is 1. The van der Waals surface area contributed by atoms with Gasteiger partial charge in [-0.25, -0.2) is 4.98 Å². The van der Waals surface area contributed by atoms with Gasteiger partial charge in [-0.05, 0) is 42.2 Å². The lowest BCUT2D eigenvalue weighted by Crippen LogP contribution is -2.24. The van der Waals surface area contributed by atoms with E-state index < -0.39 is 0 Å². The molecular formula is C20H18N2O2S. The van der Waals surface area contributed by atoms with Crippen LogP contribution in [0.25, 0.3) is 10.2 Å². The number of ether oxygens (including phenoxy) is 1. The number of hydrogen-bond donors (Lipinski definition) is 0.